The van der Waals surface area contributed by atoms with E-state index < -0.39 is 0 Å². The topological polar surface area (TPSA) is 27.7 Å². The van der Waals surface area contributed by atoms with E-state index in [0.29, 0.717) is 35.8 Å². The van der Waals surface area contributed by atoms with Crippen LogP contribution in [-0.4, -0.2) is 26.6 Å². The summed E-state index contributed by atoms with van der Waals surface area (Å²) in [6.45, 7) is 4.11. The summed E-state index contributed by atoms with van der Waals surface area (Å²) in [6.07, 6.45) is 3.47. The molecule has 1 aromatic carbocycles. The maximum atomic E-state index is 5.97. The largest absolute Gasteiger partial charge is 0.490 e. The highest BCUT2D eigenvalue weighted by Crippen LogP contribution is 2.27. The van der Waals surface area contributed by atoms with E-state index in [1.807, 2.05) is 0 Å². The Morgan fingerprint density at radius 3 is 2.53 bits per heavy atom. The van der Waals surface area contributed by atoms with Gasteiger partial charge in [0.05, 0.1) is 11.6 Å². The van der Waals surface area contributed by atoms with Crippen molar-refractivity contribution in [1.29, 1.82) is 0 Å². The maximum absolute atomic E-state index is 5.97. The minimum atomic E-state index is 0.307. The molecule has 5 heteroatoms. The Labute approximate surface area is 124 Å². The molecule has 0 atom stereocenters. The molecule has 0 saturated carbocycles. The molecule has 19 heavy (non-hydrogen) atoms. The third kappa shape index (κ3) is 7.63. The molecule has 0 aliphatic heterocycles. The molecule has 0 N–H and O–H groups in total. The van der Waals surface area contributed by atoms with Gasteiger partial charge < -0.3 is 14.2 Å². The van der Waals surface area contributed by atoms with Gasteiger partial charge in [-0.15, -0.1) is 0 Å². The Morgan fingerprint density at radius 2 is 1.79 bits per heavy atom. The van der Waals surface area contributed by atoms with Crippen LogP contribution in [0.4, 0.5) is 0 Å². The molecule has 0 heterocycles. The van der Waals surface area contributed by atoms with E-state index in [1.54, 1.807) is 18.2 Å². The number of benzene rings is 1. The first-order chi connectivity index (χ1) is 9.24. The van der Waals surface area contributed by atoms with Gasteiger partial charge in [0.1, 0.15) is 19.1 Å². The third-order valence-electron chi connectivity index (χ3n) is 2.44. The molecule has 0 unspecified atom stereocenters. The van der Waals surface area contributed by atoms with Gasteiger partial charge in [0, 0.05) is 11.6 Å². The van der Waals surface area contributed by atoms with Crippen molar-refractivity contribution in [1.82, 2.24) is 0 Å². The van der Waals surface area contributed by atoms with Gasteiger partial charge in [-0.25, -0.2) is 0 Å². The molecule has 0 amide bonds. The fraction of sp³-hybridized carbons (Fsp3) is 0.571. The van der Waals surface area contributed by atoms with Gasteiger partial charge in [0.2, 0.25) is 0 Å². The smallest absolute Gasteiger partial charge is 0.146 e. The summed E-state index contributed by atoms with van der Waals surface area (Å²) >= 11 is 11.8. The molecule has 0 radical (unpaired) electrons. The summed E-state index contributed by atoms with van der Waals surface area (Å²) in [6, 6.07) is 5.13. The number of rotatable bonds is 10. The second-order valence-corrected chi connectivity index (χ2v) is 4.91. The van der Waals surface area contributed by atoms with Crippen LogP contribution in [0.2, 0.25) is 10.0 Å². The molecular weight excluding hydrogens is 287 g/mol. The lowest BCUT2D eigenvalue weighted by molar-refractivity contribution is -0.0610. The fourth-order valence-electron chi connectivity index (χ4n) is 1.43. The minimum absolute atomic E-state index is 0.307. The van der Waals surface area contributed by atoms with Crippen LogP contribution in [0.15, 0.2) is 18.2 Å². The van der Waals surface area contributed by atoms with Crippen LogP contribution in [0.5, 0.6) is 5.75 Å². The Morgan fingerprint density at radius 1 is 1.00 bits per heavy atom. The normalized spacial score (nSPS) is 10.7. The second kappa shape index (κ2) is 10.3. The van der Waals surface area contributed by atoms with Crippen LogP contribution in [-0.2, 0) is 9.47 Å². The first-order valence-corrected chi connectivity index (χ1v) is 7.23. The zero-order valence-corrected chi connectivity index (χ0v) is 12.7. The van der Waals surface area contributed by atoms with Gasteiger partial charge in [-0.3, -0.25) is 0 Å². The maximum Gasteiger partial charge on any atom is 0.146 e. The second-order valence-electron chi connectivity index (χ2n) is 4.06. The zero-order valence-electron chi connectivity index (χ0n) is 11.2. The lowest BCUT2D eigenvalue weighted by atomic mass is 10.3. The van der Waals surface area contributed by atoms with E-state index in [-0.39, 0.29) is 0 Å². The van der Waals surface area contributed by atoms with Crippen molar-refractivity contribution < 1.29 is 14.2 Å². The summed E-state index contributed by atoms with van der Waals surface area (Å²) in [5.74, 6) is 0.610. The van der Waals surface area contributed by atoms with E-state index in [4.69, 9.17) is 37.4 Å². The highest BCUT2D eigenvalue weighted by atomic mass is 35.5. The van der Waals surface area contributed by atoms with Crippen molar-refractivity contribution in [3.8, 4) is 5.75 Å². The number of unbranched alkanes of at least 4 members (excludes halogenated alkanes) is 2. The van der Waals surface area contributed by atoms with E-state index in [1.165, 1.54) is 12.8 Å². The van der Waals surface area contributed by atoms with Crippen molar-refractivity contribution in [2.45, 2.75) is 26.2 Å². The minimum Gasteiger partial charge on any atom is -0.490 e. The molecule has 0 fully saturated rings. The highest BCUT2D eigenvalue weighted by Gasteiger charge is 2.01. The number of halogens is 2. The fourth-order valence-corrected chi connectivity index (χ4v) is 1.90. The molecule has 108 valence electrons. The molecular formula is C14H20Cl2O3. The zero-order chi connectivity index (χ0) is 13.9. The number of hydrogen-bond donors (Lipinski definition) is 0. The third-order valence-corrected chi connectivity index (χ3v) is 2.97. The van der Waals surface area contributed by atoms with Crippen LogP contribution in [0.25, 0.3) is 0 Å². The van der Waals surface area contributed by atoms with Crippen LogP contribution in [0.3, 0.4) is 0 Å². The molecule has 1 aromatic rings. The molecule has 0 aliphatic rings. The summed E-state index contributed by atoms with van der Waals surface area (Å²) in [7, 11) is 0. The molecule has 0 aliphatic carbocycles. The Kier molecular flexibility index (Phi) is 9.01. The van der Waals surface area contributed by atoms with Crippen molar-refractivity contribution in [3.63, 3.8) is 0 Å². The van der Waals surface area contributed by atoms with Crippen molar-refractivity contribution in [3.05, 3.63) is 28.2 Å². The Bertz CT molecular complexity index is 359. The molecule has 0 spiro atoms. The first kappa shape index (κ1) is 16.6. The van der Waals surface area contributed by atoms with E-state index in [0.717, 1.165) is 13.0 Å². The average molecular weight is 307 g/mol. The van der Waals surface area contributed by atoms with Crippen LogP contribution in [0, 0.1) is 0 Å². The van der Waals surface area contributed by atoms with Gasteiger partial charge in [-0.05, 0) is 24.6 Å². The van der Waals surface area contributed by atoms with E-state index in [2.05, 4.69) is 6.92 Å². The van der Waals surface area contributed by atoms with Crippen molar-refractivity contribution >= 4 is 23.2 Å². The summed E-state index contributed by atoms with van der Waals surface area (Å²) in [4.78, 5) is 0. The lowest BCUT2D eigenvalue weighted by Crippen LogP contribution is -2.09. The Hall–Kier alpha value is -0.480. The van der Waals surface area contributed by atoms with Gasteiger partial charge in [0.15, 0.2) is 0 Å². The summed E-state index contributed by atoms with van der Waals surface area (Å²) in [5, 5.41) is 1.09. The van der Waals surface area contributed by atoms with Crippen molar-refractivity contribution in [2.75, 3.05) is 26.6 Å². The SMILES string of the molecule is CCCCCOCOCCOc1ccc(Cl)cc1Cl. The summed E-state index contributed by atoms with van der Waals surface area (Å²) in [5.41, 5.74) is 0. The van der Waals surface area contributed by atoms with Gasteiger partial charge in [-0.1, -0.05) is 43.0 Å². The lowest BCUT2D eigenvalue weighted by Gasteiger charge is -2.09. The van der Waals surface area contributed by atoms with E-state index >= 15 is 0 Å². The highest BCUT2D eigenvalue weighted by molar-refractivity contribution is 6.35. The summed E-state index contributed by atoms with van der Waals surface area (Å²) < 4.78 is 16.1. The van der Waals surface area contributed by atoms with Gasteiger partial charge >= 0.3 is 0 Å². The van der Waals surface area contributed by atoms with Crippen LogP contribution < -0.4 is 4.74 Å². The van der Waals surface area contributed by atoms with Gasteiger partial charge in [-0.2, -0.15) is 0 Å². The molecule has 0 aromatic heterocycles. The van der Waals surface area contributed by atoms with Crippen LogP contribution in [0.1, 0.15) is 26.2 Å². The quantitative estimate of drug-likeness (QED) is 0.469. The molecule has 1 rings (SSSR count). The van der Waals surface area contributed by atoms with Crippen LogP contribution >= 0.6 is 23.2 Å². The monoisotopic (exact) mass is 306 g/mol. The standard InChI is InChI=1S/C14H20Cl2O3/c1-2-3-4-7-17-11-18-8-9-19-14-6-5-12(15)10-13(14)16/h5-6,10H,2-4,7-9,11H2,1H3. The number of ether oxygens (including phenoxy) is 3. The molecule has 3 nitrogen and oxygen atoms in total. The van der Waals surface area contributed by atoms with Gasteiger partial charge in [0.25, 0.3) is 0 Å². The Balaban J connectivity index is 2.01. The van der Waals surface area contributed by atoms with E-state index in [9.17, 15) is 0 Å². The van der Waals surface area contributed by atoms with Crippen molar-refractivity contribution in [2.24, 2.45) is 0 Å². The molecule has 0 bridgehead atoms. The average Bonchev–Trinajstić information content (AvgIpc) is 2.39. The first-order valence-electron chi connectivity index (χ1n) is 6.47. The predicted octanol–water partition coefficient (Wildman–Crippen LogP) is 4.55. The number of hydrogen-bond acceptors (Lipinski definition) is 3. The molecule has 0 saturated heterocycles. The predicted molar refractivity (Wildman–Crippen MR) is 78.3 cm³/mol.